The number of hydrogen-bond acceptors (Lipinski definition) is 12. The van der Waals surface area contributed by atoms with Crippen LogP contribution in [0, 0.1) is 0 Å². The molecule has 17 heteroatoms. The van der Waals surface area contributed by atoms with Crippen LogP contribution >= 0.6 is 0 Å². The van der Waals surface area contributed by atoms with E-state index < -0.39 is 0 Å². The Kier molecular flexibility index (Phi) is 10.6. The van der Waals surface area contributed by atoms with Crippen molar-refractivity contribution < 1.29 is 4.79 Å². The highest BCUT2D eigenvalue weighted by Crippen LogP contribution is 2.39. The Labute approximate surface area is 426 Å². The molecule has 360 valence electrons. The van der Waals surface area contributed by atoms with Crippen molar-refractivity contribution >= 4 is 55.2 Å². The molecule has 1 aliphatic rings. The van der Waals surface area contributed by atoms with E-state index in [1.807, 2.05) is 85.3 Å². The van der Waals surface area contributed by atoms with Gasteiger partial charge in [0.15, 0.2) is 0 Å². The summed E-state index contributed by atoms with van der Waals surface area (Å²) in [7, 11) is 0. The van der Waals surface area contributed by atoms with E-state index in [4.69, 9.17) is 35.1 Å². The third kappa shape index (κ3) is 8.09. The SMILES string of the molecule is O=C(Nc1cncc(-c2cc3c(-c4cc5c(-c6ccncc6)nccc5[nH]4)n[nH]c3c(-c3cc(-c4nccc5[nH]c(-c6n[nH]c7cnc(-c8cncc(CN9CCCC9)c8)cc67)cc45)ccn3)n2)c1)c1ccccc1. The van der Waals surface area contributed by atoms with Gasteiger partial charge >= 0.3 is 0 Å². The Balaban J connectivity index is 0.854. The van der Waals surface area contributed by atoms with Crippen LogP contribution in [-0.4, -0.2) is 94.1 Å². The molecule has 1 aromatic carbocycles. The Morgan fingerprint density at radius 3 is 1.96 bits per heavy atom. The van der Waals surface area contributed by atoms with Crippen LogP contribution in [-0.2, 0) is 6.54 Å². The van der Waals surface area contributed by atoms with Crippen molar-refractivity contribution in [2.24, 2.45) is 0 Å². The van der Waals surface area contributed by atoms with Gasteiger partial charge in [-0.1, -0.05) is 18.2 Å². The maximum atomic E-state index is 13.3. The number of carbonyl (C=O) groups excluding carboxylic acids is 1. The molecule has 1 aliphatic heterocycles. The summed E-state index contributed by atoms with van der Waals surface area (Å²) in [5, 5.41) is 22.8. The fourth-order valence-electron chi connectivity index (χ4n) is 10.2. The van der Waals surface area contributed by atoms with Crippen molar-refractivity contribution in [3.05, 3.63) is 176 Å². The average molecular weight is 979 g/mol. The lowest BCUT2D eigenvalue weighted by Crippen LogP contribution is -2.18. The number of rotatable bonds is 11. The first-order valence-electron chi connectivity index (χ1n) is 24.6. The third-order valence-corrected chi connectivity index (χ3v) is 13.9. The maximum absolute atomic E-state index is 13.3. The molecular weight excluding hydrogens is 937 g/mol. The number of hydrogen-bond donors (Lipinski definition) is 5. The summed E-state index contributed by atoms with van der Waals surface area (Å²) >= 11 is 0. The number of benzene rings is 1. The standard InChI is InChI=1S/C58H42N16O/c75-58(35-6-2-1-3-7-35)66-39-21-38(29-61-30-39)47-26-43-55(50-24-40-44(68-50)11-16-63-52(40)34-8-13-59-14-9-34)72-73-56(43)57(69-47)48-22-36(10-15-62-48)53-41-25-49(67-45(41)12-17-64-53)54-42-23-46(65-31-51(42)70-71-54)37-20-33(27-60-28-37)32-74-18-4-5-19-74/h1-3,6-17,20-31,67-68H,4-5,18-19,32H2,(H,66,75)(H,70,71)(H,72,73). The van der Waals surface area contributed by atoms with Crippen LogP contribution in [0.1, 0.15) is 28.8 Å². The van der Waals surface area contributed by atoms with Gasteiger partial charge in [0.2, 0.25) is 0 Å². The Hall–Kier alpha value is -10.1. The lowest BCUT2D eigenvalue weighted by atomic mass is 10.0. The van der Waals surface area contributed by atoms with E-state index >= 15 is 0 Å². The van der Waals surface area contributed by atoms with Crippen LogP contribution < -0.4 is 5.32 Å². The first kappa shape index (κ1) is 43.6. The summed E-state index contributed by atoms with van der Waals surface area (Å²) < 4.78 is 0. The number of anilines is 1. The van der Waals surface area contributed by atoms with Gasteiger partial charge in [0.1, 0.15) is 17.1 Å². The molecule has 17 nitrogen and oxygen atoms in total. The van der Waals surface area contributed by atoms with Gasteiger partial charge in [-0.2, -0.15) is 10.2 Å². The van der Waals surface area contributed by atoms with E-state index in [9.17, 15) is 4.79 Å². The summed E-state index contributed by atoms with van der Waals surface area (Å²) in [6, 6.07) is 33.1. The van der Waals surface area contributed by atoms with E-state index in [0.29, 0.717) is 45.1 Å². The summed E-state index contributed by atoms with van der Waals surface area (Å²) in [6.07, 6.45) is 20.4. The molecule has 75 heavy (non-hydrogen) atoms. The van der Waals surface area contributed by atoms with Gasteiger partial charge in [-0.05, 0) is 116 Å². The molecule has 13 heterocycles. The molecule has 0 bridgehead atoms. The van der Waals surface area contributed by atoms with E-state index in [1.54, 1.807) is 55.5 Å². The molecule has 0 spiro atoms. The van der Waals surface area contributed by atoms with Crippen LogP contribution in [0.15, 0.2) is 165 Å². The first-order valence-corrected chi connectivity index (χ1v) is 24.6. The van der Waals surface area contributed by atoms with Crippen LogP contribution in [0.4, 0.5) is 5.69 Å². The van der Waals surface area contributed by atoms with Crippen molar-refractivity contribution in [3.63, 3.8) is 0 Å². The number of pyridine rings is 8. The zero-order valence-electron chi connectivity index (χ0n) is 40.0. The molecule has 12 aromatic heterocycles. The number of aromatic amines is 4. The van der Waals surface area contributed by atoms with Crippen LogP contribution in [0.3, 0.4) is 0 Å². The summed E-state index contributed by atoms with van der Waals surface area (Å²) in [5.74, 6) is -0.249. The third-order valence-electron chi connectivity index (χ3n) is 13.9. The van der Waals surface area contributed by atoms with Crippen molar-refractivity contribution in [3.8, 4) is 79.2 Å². The Bertz CT molecular complexity index is 4310. The maximum Gasteiger partial charge on any atom is 0.255 e. The van der Waals surface area contributed by atoms with Crippen molar-refractivity contribution in [1.82, 2.24) is 75.1 Å². The summed E-state index contributed by atoms with van der Waals surface area (Å²) in [5.41, 5.74) is 16.1. The van der Waals surface area contributed by atoms with Crippen molar-refractivity contribution in [2.45, 2.75) is 19.4 Å². The molecule has 0 atom stereocenters. The molecule has 1 fully saturated rings. The quantitative estimate of drug-likeness (QED) is 0.0816. The Morgan fingerprint density at radius 2 is 1.17 bits per heavy atom. The topological polar surface area (TPSA) is 224 Å². The summed E-state index contributed by atoms with van der Waals surface area (Å²) in [6.45, 7) is 3.12. The second-order valence-corrected chi connectivity index (χ2v) is 18.7. The largest absolute Gasteiger partial charge is 0.353 e. The number of nitrogens with one attached hydrogen (secondary N) is 5. The number of aromatic nitrogens is 14. The molecule has 5 N–H and O–H groups in total. The predicted octanol–water partition coefficient (Wildman–Crippen LogP) is 11.1. The lowest BCUT2D eigenvalue weighted by molar-refractivity contribution is 0.102. The van der Waals surface area contributed by atoms with E-state index in [2.05, 4.69) is 69.6 Å². The second-order valence-electron chi connectivity index (χ2n) is 18.7. The van der Waals surface area contributed by atoms with Gasteiger partial charge in [0.05, 0.1) is 69.0 Å². The molecular formula is C58H42N16O. The van der Waals surface area contributed by atoms with Crippen LogP contribution in [0.2, 0.25) is 0 Å². The highest BCUT2D eigenvalue weighted by molar-refractivity contribution is 6.06. The van der Waals surface area contributed by atoms with E-state index in [1.165, 1.54) is 18.4 Å². The zero-order chi connectivity index (χ0) is 49.8. The highest BCUT2D eigenvalue weighted by Gasteiger charge is 2.22. The molecule has 0 aliphatic carbocycles. The van der Waals surface area contributed by atoms with Gasteiger partial charge in [-0.3, -0.25) is 54.8 Å². The number of amides is 1. The smallest absolute Gasteiger partial charge is 0.255 e. The fraction of sp³-hybridized carbons (Fsp3) is 0.0862. The van der Waals surface area contributed by atoms with Gasteiger partial charge in [0.25, 0.3) is 5.91 Å². The number of carbonyl (C=O) groups is 1. The highest BCUT2D eigenvalue weighted by atomic mass is 16.1. The lowest BCUT2D eigenvalue weighted by Gasteiger charge is -2.14. The number of nitrogens with zero attached hydrogens (tertiary/aromatic N) is 11. The van der Waals surface area contributed by atoms with Gasteiger partial charge in [-0.15, -0.1) is 0 Å². The number of likely N-dealkylation sites (tertiary alicyclic amines) is 1. The Morgan fingerprint density at radius 1 is 0.507 bits per heavy atom. The number of H-pyrrole nitrogens is 4. The van der Waals surface area contributed by atoms with Gasteiger partial charge in [-0.25, -0.2) is 4.98 Å². The minimum absolute atomic E-state index is 0.249. The van der Waals surface area contributed by atoms with E-state index in [0.717, 1.165) is 109 Å². The van der Waals surface area contributed by atoms with Crippen LogP contribution in [0.5, 0.6) is 0 Å². The molecule has 1 saturated heterocycles. The van der Waals surface area contributed by atoms with E-state index in [-0.39, 0.29) is 5.91 Å². The molecule has 0 radical (unpaired) electrons. The predicted molar refractivity (Wildman–Crippen MR) is 289 cm³/mol. The van der Waals surface area contributed by atoms with Crippen LogP contribution in [0.25, 0.3) is 123 Å². The minimum atomic E-state index is -0.249. The molecule has 1 amide bonds. The first-order chi connectivity index (χ1) is 37.0. The molecule has 0 saturated carbocycles. The van der Waals surface area contributed by atoms with Gasteiger partial charge < -0.3 is 15.3 Å². The second kappa shape index (κ2) is 18.2. The monoisotopic (exact) mass is 978 g/mol. The average Bonchev–Trinajstić information content (AvgIpc) is 4.36. The molecule has 0 unspecified atom stereocenters. The normalized spacial score (nSPS) is 12.9. The van der Waals surface area contributed by atoms with Crippen molar-refractivity contribution in [2.75, 3.05) is 18.4 Å². The fourth-order valence-corrected chi connectivity index (χ4v) is 10.2. The molecule has 14 rings (SSSR count). The number of fused-ring (bicyclic) bond motifs is 4. The van der Waals surface area contributed by atoms with Gasteiger partial charge in [0, 0.05) is 117 Å². The minimum Gasteiger partial charge on any atom is -0.353 e. The zero-order valence-corrected chi connectivity index (χ0v) is 40.0. The molecule has 13 aromatic rings. The summed E-state index contributed by atoms with van der Waals surface area (Å²) in [4.78, 5) is 61.0. The van der Waals surface area contributed by atoms with Crippen molar-refractivity contribution in [1.29, 1.82) is 0 Å².